The number of amides is 1. The minimum absolute atomic E-state index is 0.231. The Morgan fingerprint density at radius 2 is 1.81 bits per heavy atom. The fourth-order valence-electron chi connectivity index (χ4n) is 2.75. The van der Waals surface area contributed by atoms with Gasteiger partial charge in [-0.1, -0.05) is 29.3 Å². The number of H-pyrrole nitrogens is 1. The Morgan fingerprint density at radius 3 is 2.59 bits per heavy atom. The van der Waals surface area contributed by atoms with Crippen molar-refractivity contribution >= 4 is 51.5 Å². The van der Waals surface area contributed by atoms with Gasteiger partial charge in [0.05, 0.1) is 26.6 Å². The highest BCUT2D eigenvalue weighted by atomic mass is 35.5. The SMILES string of the molecule is Nc1ccc2nc(-c3ccc(NC(=O)c4cccc(Cl)c4Cl)cc3)[nH]c2c1. The summed E-state index contributed by atoms with van der Waals surface area (Å²) < 4.78 is 0. The van der Waals surface area contributed by atoms with Crippen molar-refractivity contribution in [3.8, 4) is 11.4 Å². The zero-order chi connectivity index (χ0) is 19.0. The van der Waals surface area contributed by atoms with E-state index in [4.69, 9.17) is 28.9 Å². The fraction of sp³-hybridized carbons (Fsp3) is 0. The molecule has 0 aliphatic rings. The molecule has 1 aromatic heterocycles. The van der Waals surface area contributed by atoms with Gasteiger partial charge in [0, 0.05) is 16.9 Å². The number of hydrogen-bond donors (Lipinski definition) is 3. The molecule has 0 saturated heterocycles. The minimum atomic E-state index is -0.325. The molecule has 0 unspecified atom stereocenters. The molecule has 27 heavy (non-hydrogen) atoms. The third kappa shape index (κ3) is 3.47. The number of aromatic amines is 1. The number of nitrogens with zero attached hydrogens (tertiary/aromatic N) is 1. The van der Waals surface area contributed by atoms with Crippen molar-refractivity contribution in [3.63, 3.8) is 0 Å². The van der Waals surface area contributed by atoms with E-state index >= 15 is 0 Å². The predicted molar refractivity (Wildman–Crippen MR) is 110 cm³/mol. The molecule has 7 heteroatoms. The summed E-state index contributed by atoms with van der Waals surface area (Å²) in [6, 6.07) is 17.8. The second-order valence-electron chi connectivity index (χ2n) is 5.99. The molecular weight excluding hydrogens is 383 g/mol. The van der Waals surface area contributed by atoms with E-state index in [1.165, 1.54) is 0 Å². The summed E-state index contributed by atoms with van der Waals surface area (Å²) in [5, 5.41) is 3.38. The summed E-state index contributed by atoms with van der Waals surface area (Å²) in [5.74, 6) is 0.404. The first-order valence-electron chi connectivity index (χ1n) is 8.12. The molecule has 0 aliphatic heterocycles. The molecule has 5 nitrogen and oxygen atoms in total. The monoisotopic (exact) mass is 396 g/mol. The molecule has 0 saturated carbocycles. The molecule has 1 amide bonds. The van der Waals surface area contributed by atoms with Crippen molar-refractivity contribution in [2.75, 3.05) is 11.1 Å². The molecule has 0 fully saturated rings. The normalized spacial score (nSPS) is 10.9. The van der Waals surface area contributed by atoms with Gasteiger partial charge in [0.1, 0.15) is 5.82 Å². The van der Waals surface area contributed by atoms with Gasteiger partial charge in [-0.25, -0.2) is 4.98 Å². The predicted octanol–water partition coefficient (Wildman–Crippen LogP) is 5.37. The number of nitrogen functional groups attached to an aromatic ring is 1. The van der Waals surface area contributed by atoms with Crippen LogP contribution in [0.2, 0.25) is 10.0 Å². The number of anilines is 2. The van der Waals surface area contributed by atoms with Gasteiger partial charge in [-0.2, -0.15) is 0 Å². The fourth-order valence-corrected chi connectivity index (χ4v) is 3.14. The highest BCUT2D eigenvalue weighted by Gasteiger charge is 2.13. The zero-order valence-corrected chi connectivity index (χ0v) is 15.5. The van der Waals surface area contributed by atoms with Gasteiger partial charge in [-0.05, 0) is 54.6 Å². The van der Waals surface area contributed by atoms with Gasteiger partial charge in [0.2, 0.25) is 0 Å². The summed E-state index contributed by atoms with van der Waals surface area (Å²) in [5.41, 5.74) is 10.0. The molecule has 0 atom stereocenters. The maximum Gasteiger partial charge on any atom is 0.257 e. The number of hydrogen-bond acceptors (Lipinski definition) is 3. The quantitative estimate of drug-likeness (QED) is 0.407. The number of nitrogens with one attached hydrogen (secondary N) is 2. The van der Waals surface area contributed by atoms with Crippen LogP contribution in [-0.4, -0.2) is 15.9 Å². The highest BCUT2D eigenvalue weighted by Crippen LogP contribution is 2.27. The summed E-state index contributed by atoms with van der Waals surface area (Å²) in [4.78, 5) is 20.2. The van der Waals surface area contributed by atoms with Gasteiger partial charge in [-0.3, -0.25) is 4.79 Å². The third-order valence-electron chi connectivity index (χ3n) is 4.12. The average molecular weight is 397 g/mol. The van der Waals surface area contributed by atoms with Gasteiger partial charge < -0.3 is 16.0 Å². The van der Waals surface area contributed by atoms with Crippen molar-refractivity contribution in [3.05, 3.63) is 76.3 Å². The Kier molecular flexibility index (Phi) is 4.48. The van der Waals surface area contributed by atoms with E-state index in [0.717, 1.165) is 22.4 Å². The first kappa shape index (κ1) is 17.4. The van der Waals surface area contributed by atoms with Gasteiger partial charge in [0.15, 0.2) is 0 Å². The van der Waals surface area contributed by atoms with Crippen LogP contribution in [0.4, 0.5) is 11.4 Å². The van der Waals surface area contributed by atoms with Crippen LogP contribution in [0.25, 0.3) is 22.4 Å². The number of nitrogens with two attached hydrogens (primary N) is 1. The lowest BCUT2D eigenvalue weighted by Gasteiger charge is -2.08. The number of halogens is 2. The van der Waals surface area contributed by atoms with Crippen molar-refractivity contribution in [1.29, 1.82) is 0 Å². The number of carbonyl (C=O) groups excluding carboxylic acids is 1. The summed E-state index contributed by atoms with van der Waals surface area (Å²) in [6.07, 6.45) is 0. The van der Waals surface area contributed by atoms with E-state index in [0.29, 0.717) is 22.0 Å². The lowest BCUT2D eigenvalue weighted by Crippen LogP contribution is -2.12. The van der Waals surface area contributed by atoms with Crippen LogP contribution in [0.1, 0.15) is 10.4 Å². The number of aromatic nitrogens is 2. The summed E-state index contributed by atoms with van der Waals surface area (Å²) in [7, 11) is 0. The Morgan fingerprint density at radius 1 is 1.04 bits per heavy atom. The molecule has 0 bridgehead atoms. The number of imidazole rings is 1. The topological polar surface area (TPSA) is 83.8 Å². The average Bonchev–Trinajstić information content (AvgIpc) is 3.07. The first-order valence-corrected chi connectivity index (χ1v) is 8.88. The summed E-state index contributed by atoms with van der Waals surface area (Å²) >= 11 is 12.1. The Balaban J connectivity index is 1.56. The molecule has 3 aromatic carbocycles. The van der Waals surface area contributed by atoms with Crippen molar-refractivity contribution in [2.24, 2.45) is 0 Å². The molecular formula is C20H14Cl2N4O. The third-order valence-corrected chi connectivity index (χ3v) is 4.94. The van der Waals surface area contributed by atoms with Crippen LogP contribution in [0.3, 0.4) is 0 Å². The summed E-state index contributed by atoms with van der Waals surface area (Å²) in [6.45, 7) is 0. The minimum Gasteiger partial charge on any atom is -0.399 e. The second-order valence-corrected chi connectivity index (χ2v) is 6.78. The second kappa shape index (κ2) is 6.95. The van der Waals surface area contributed by atoms with Crippen LogP contribution in [0, 0.1) is 0 Å². The standard InChI is InChI=1S/C20H14Cl2N4O/c21-15-3-1-2-14(18(15)22)20(27)24-13-7-4-11(5-8-13)19-25-16-9-6-12(23)10-17(16)26-19/h1-10H,23H2,(H,24,27)(H,25,26). The van der Waals surface area contributed by atoms with E-state index in [1.54, 1.807) is 30.3 Å². The number of carbonyl (C=O) groups is 1. The van der Waals surface area contributed by atoms with Gasteiger partial charge >= 0.3 is 0 Å². The van der Waals surface area contributed by atoms with Crippen LogP contribution in [0.5, 0.6) is 0 Å². The molecule has 0 radical (unpaired) electrons. The van der Waals surface area contributed by atoms with Gasteiger partial charge in [0.25, 0.3) is 5.91 Å². The zero-order valence-electron chi connectivity index (χ0n) is 14.0. The molecule has 0 spiro atoms. The van der Waals surface area contributed by atoms with Crippen LogP contribution in [-0.2, 0) is 0 Å². The lowest BCUT2D eigenvalue weighted by molar-refractivity contribution is 0.102. The molecule has 0 aliphatic carbocycles. The Labute approximate surface area is 165 Å². The molecule has 1 heterocycles. The maximum atomic E-state index is 12.4. The van der Waals surface area contributed by atoms with E-state index in [-0.39, 0.29) is 10.9 Å². The van der Waals surface area contributed by atoms with Crippen LogP contribution in [0.15, 0.2) is 60.7 Å². The molecule has 4 aromatic rings. The molecule has 4 N–H and O–H groups in total. The largest absolute Gasteiger partial charge is 0.399 e. The van der Waals surface area contributed by atoms with Crippen molar-refractivity contribution in [1.82, 2.24) is 9.97 Å². The van der Waals surface area contributed by atoms with Crippen LogP contribution < -0.4 is 11.1 Å². The van der Waals surface area contributed by atoms with E-state index in [2.05, 4.69) is 15.3 Å². The van der Waals surface area contributed by atoms with Crippen molar-refractivity contribution < 1.29 is 4.79 Å². The first-order chi connectivity index (χ1) is 13.0. The Bertz CT molecular complexity index is 1150. The number of rotatable bonds is 3. The van der Waals surface area contributed by atoms with E-state index < -0.39 is 0 Å². The smallest absolute Gasteiger partial charge is 0.257 e. The van der Waals surface area contributed by atoms with Gasteiger partial charge in [-0.15, -0.1) is 0 Å². The van der Waals surface area contributed by atoms with E-state index in [9.17, 15) is 4.79 Å². The molecule has 4 rings (SSSR count). The Hall–Kier alpha value is -3.02. The highest BCUT2D eigenvalue weighted by molar-refractivity contribution is 6.44. The lowest BCUT2D eigenvalue weighted by atomic mass is 10.1. The van der Waals surface area contributed by atoms with Crippen molar-refractivity contribution in [2.45, 2.75) is 0 Å². The van der Waals surface area contributed by atoms with E-state index in [1.807, 2.05) is 30.3 Å². The number of benzene rings is 3. The maximum absolute atomic E-state index is 12.4. The van der Waals surface area contributed by atoms with Crippen LogP contribution >= 0.6 is 23.2 Å². The molecule has 134 valence electrons. The number of fused-ring (bicyclic) bond motifs is 1.